The molecular formula is C26H23N3O6. The lowest BCUT2D eigenvalue weighted by Gasteiger charge is -2.27. The lowest BCUT2D eigenvalue weighted by Crippen LogP contribution is -2.50. The van der Waals surface area contributed by atoms with Crippen LogP contribution in [0.25, 0.3) is 0 Å². The van der Waals surface area contributed by atoms with Crippen molar-refractivity contribution in [3.8, 4) is 5.75 Å². The molecule has 3 amide bonds. The summed E-state index contributed by atoms with van der Waals surface area (Å²) in [6, 6.07) is 21.4. The number of anilines is 2. The van der Waals surface area contributed by atoms with Gasteiger partial charge in [0.1, 0.15) is 5.75 Å². The van der Waals surface area contributed by atoms with Crippen LogP contribution in [0, 0.1) is 0 Å². The molecule has 1 unspecified atom stereocenters. The van der Waals surface area contributed by atoms with Gasteiger partial charge in [0.2, 0.25) is 17.9 Å². The normalized spacial score (nSPS) is 14.0. The molecule has 4 rings (SSSR count). The fraction of sp³-hybridized carbons (Fsp3) is 0.154. The quantitative estimate of drug-likeness (QED) is 0.509. The summed E-state index contributed by atoms with van der Waals surface area (Å²) in [7, 11) is 1.55. The molecule has 1 aliphatic heterocycles. The SMILES string of the molecule is COc1ccc(NC(=O)C(OC(=O)c2ccc(N3NC(=O)CCC3=O)cc2)c2ccccc2)cc1. The molecule has 0 saturated carbocycles. The second kappa shape index (κ2) is 10.5. The summed E-state index contributed by atoms with van der Waals surface area (Å²) in [5.74, 6) is -1.11. The van der Waals surface area contributed by atoms with Gasteiger partial charge in [0, 0.05) is 24.1 Å². The number of ether oxygens (including phenoxy) is 2. The highest BCUT2D eigenvalue weighted by Crippen LogP contribution is 2.24. The summed E-state index contributed by atoms with van der Waals surface area (Å²) < 4.78 is 10.7. The zero-order valence-electron chi connectivity index (χ0n) is 18.9. The minimum Gasteiger partial charge on any atom is -0.497 e. The van der Waals surface area contributed by atoms with Crippen molar-refractivity contribution in [3.05, 3.63) is 90.0 Å². The van der Waals surface area contributed by atoms with Gasteiger partial charge >= 0.3 is 5.97 Å². The number of carbonyl (C=O) groups excluding carboxylic acids is 4. The smallest absolute Gasteiger partial charge is 0.339 e. The minimum atomic E-state index is -1.20. The molecule has 0 aromatic heterocycles. The molecule has 0 spiro atoms. The first-order chi connectivity index (χ1) is 16.9. The first-order valence-electron chi connectivity index (χ1n) is 10.9. The molecule has 2 N–H and O–H groups in total. The van der Waals surface area contributed by atoms with Crippen molar-refractivity contribution in [3.63, 3.8) is 0 Å². The van der Waals surface area contributed by atoms with Crippen molar-refractivity contribution >= 4 is 35.1 Å². The van der Waals surface area contributed by atoms with E-state index in [2.05, 4.69) is 10.7 Å². The molecule has 0 aliphatic carbocycles. The Bertz CT molecular complexity index is 1230. The number of benzene rings is 3. The largest absolute Gasteiger partial charge is 0.497 e. The molecule has 9 nitrogen and oxygen atoms in total. The Morgan fingerprint density at radius 3 is 2.26 bits per heavy atom. The predicted octanol–water partition coefficient (Wildman–Crippen LogP) is 3.39. The Balaban J connectivity index is 1.50. The maximum atomic E-state index is 13.1. The van der Waals surface area contributed by atoms with Gasteiger partial charge in [0.05, 0.1) is 18.4 Å². The van der Waals surface area contributed by atoms with Crippen molar-refractivity contribution in [1.82, 2.24) is 5.43 Å². The van der Waals surface area contributed by atoms with Crippen LogP contribution in [-0.2, 0) is 19.1 Å². The Morgan fingerprint density at radius 2 is 1.60 bits per heavy atom. The van der Waals surface area contributed by atoms with Crippen LogP contribution < -0.4 is 20.5 Å². The van der Waals surface area contributed by atoms with Gasteiger partial charge in [-0.25, -0.2) is 9.80 Å². The van der Waals surface area contributed by atoms with Gasteiger partial charge in [0.15, 0.2) is 0 Å². The summed E-state index contributed by atoms with van der Waals surface area (Å²) in [5.41, 5.74) is 4.12. The topological polar surface area (TPSA) is 114 Å². The van der Waals surface area contributed by atoms with Gasteiger partial charge in [0.25, 0.3) is 5.91 Å². The Labute approximate surface area is 201 Å². The zero-order chi connectivity index (χ0) is 24.8. The standard InChI is InChI=1S/C26H23N3O6/c1-34-21-13-9-19(10-14-21)27-25(32)24(17-5-3-2-4-6-17)35-26(33)18-7-11-20(12-8-18)29-23(31)16-15-22(30)28-29/h2-14,24H,15-16H2,1H3,(H,27,32)(H,28,30). The van der Waals surface area contributed by atoms with Gasteiger partial charge in [-0.2, -0.15) is 0 Å². The van der Waals surface area contributed by atoms with E-state index in [9.17, 15) is 19.2 Å². The number of nitrogens with one attached hydrogen (secondary N) is 2. The third kappa shape index (κ3) is 5.64. The molecule has 35 heavy (non-hydrogen) atoms. The number of carbonyl (C=O) groups is 4. The molecule has 1 atom stereocenters. The molecule has 1 heterocycles. The number of esters is 1. The monoisotopic (exact) mass is 473 g/mol. The van der Waals surface area contributed by atoms with Crippen LogP contribution in [0.5, 0.6) is 5.75 Å². The first kappa shape index (κ1) is 23.5. The van der Waals surface area contributed by atoms with E-state index >= 15 is 0 Å². The number of methoxy groups -OCH3 is 1. The maximum Gasteiger partial charge on any atom is 0.339 e. The summed E-state index contributed by atoms with van der Waals surface area (Å²) in [5, 5.41) is 3.90. The molecule has 3 aromatic carbocycles. The van der Waals surface area contributed by atoms with E-state index in [1.165, 1.54) is 24.3 Å². The molecule has 0 radical (unpaired) electrons. The van der Waals surface area contributed by atoms with E-state index in [1.807, 2.05) is 0 Å². The Morgan fingerprint density at radius 1 is 0.914 bits per heavy atom. The maximum absolute atomic E-state index is 13.1. The molecule has 1 fully saturated rings. The number of amides is 3. The lowest BCUT2D eigenvalue weighted by molar-refractivity contribution is -0.130. The third-order valence-corrected chi connectivity index (χ3v) is 5.34. The lowest BCUT2D eigenvalue weighted by atomic mass is 10.1. The second-order valence-electron chi connectivity index (χ2n) is 7.72. The van der Waals surface area contributed by atoms with Gasteiger partial charge in [-0.1, -0.05) is 30.3 Å². The van der Waals surface area contributed by atoms with Crippen molar-refractivity contribution in [2.24, 2.45) is 0 Å². The number of hydrogen-bond acceptors (Lipinski definition) is 6. The fourth-order valence-electron chi connectivity index (χ4n) is 3.49. The number of hydrogen-bond donors (Lipinski definition) is 2. The van der Waals surface area contributed by atoms with Gasteiger partial charge in [-0.3, -0.25) is 19.8 Å². The van der Waals surface area contributed by atoms with E-state index < -0.39 is 18.0 Å². The van der Waals surface area contributed by atoms with Crippen molar-refractivity contribution in [1.29, 1.82) is 0 Å². The predicted molar refractivity (Wildman–Crippen MR) is 128 cm³/mol. The Kier molecular flexibility index (Phi) is 7.06. The third-order valence-electron chi connectivity index (χ3n) is 5.34. The van der Waals surface area contributed by atoms with Crippen LogP contribution in [0.2, 0.25) is 0 Å². The van der Waals surface area contributed by atoms with E-state index in [-0.39, 0.29) is 30.2 Å². The van der Waals surface area contributed by atoms with Gasteiger partial charge < -0.3 is 14.8 Å². The van der Waals surface area contributed by atoms with E-state index in [0.717, 1.165) is 5.01 Å². The van der Waals surface area contributed by atoms with E-state index in [4.69, 9.17) is 9.47 Å². The number of rotatable bonds is 7. The van der Waals surface area contributed by atoms with Gasteiger partial charge in [-0.15, -0.1) is 0 Å². The van der Waals surface area contributed by atoms with Crippen molar-refractivity contribution in [2.75, 3.05) is 17.4 Å². The van der Waals surface area contributed by atoms with E-state index in [1.54, 1.807) is 61.7 Å². The zero-order valence-corrected chi connectivity index (χ0v) is 18.9. The summed E-state index contributed by atoms with van der Waals surface area (Å²) in [6.45, 7) is 0. The van der Waals surface area contributed by atoms with E-state index in [0.29, 0.717) is 22.7 Å². The van der Waals surface area contributed by atoms with Crippen LogP contribution in [0.15, 0.2) is 78.9 Å². The fourth-order valence-corrected chi connectivity index (χ4v) is 3.49. The molecule has 3 aromatic rings. The van der Waals surface area contributed by atoms with Crippen LogP contribution in [-0.4, -0.2) is 30.8 Å². The van der Waals surface area contributed by atoms with Crippen molar-refractivity contribution < 1.29 is 28.7 Å². The highest BCUT2D eigenvalue weighted by Gasteiger charge is 2.27. The second-order valence-corrected chi connectivity index (χ2v) is 7.72. The average molecular weight is 473 g/mol. The summed E-state index contributed by atoms with van der Waals surface area (Å²) in [6.07, 6.45) is -0.954. The molecular weight excluding hydrogens is 450 g/mol. The molecule has 1 aliphatic rings. The average Bonchev–Trinajstić information content (AvgIpc) is 2.89. The van der Waals surface area contributed by atoms with Crippen LogP contribution >= 0.6 is 0 Å². The van der Waals surface area contributed by atoms with Gasteiger partial charge in [-0.05, 0) is 48.5 Å². The highest BCUT2D eigenvalue weighted by molar-refractivity contribution is 6.02. The van der Waals surface area contributed by atoms with Crippen LogP contribution in [0.4, 0.5) is 11.4 Å². The molecule has 1 saturated heterocycles. The van der Waals surface area contributed by atoms with Crippen LogP contribution in [0.3, 0.4) is 0 Å². The highest BCUT2D eigenvalue weighted by atomic mass is 16.5. The number of nitrogens with zero attached hydrogens (tertiary/aromatic N) is 1. The molecule has 0 bridgehead atoms. The summed E-state index contributed by atoms with van der Waals surface area (Å²) in [4.78, 5) is 49.7. The Hall–Kier alpha value is -4.66. The minimum absolute atomic E-state index is 0.109. The summed E-state index contributed by atoms with van der Waals surface area (Å²) >= 11 is 0. The molecule has 9 heteroatoms. The number of hydrazine groups is 1. The molecule has 178 valence electrons. The van der Waals surface area contributed by atoms with Crippen LogP contribution in [0.1, 0.15) is 34.9 Å². The first-order valence-corrected chi connectivity index (χ1v) is 10.9. The van der Waals surface area contributed by atoms with Crippen molar-refractivity contribution in [2.45, 2.75) is 18.9 Å².